The predicted octanol–water partition coefficient (Wildman–Crippen LogP) is 0.909. The van der Waals surface area contributed by atoms with Crippen LogP contribution in [0.1, 0.15) is 23.7 Å². The van der Waals surface area contributed by atoms with E-state index in [2.05, 4.69) is 5.32 Å². The SMILES string of the molecule is CC[C@@H](CO)NC(=O)c1cc(N)cc(F)c1. The van der Waals surface area contributed by atoms with Gasteiger partial charge in [0.15, 0.2) is 0 Å². The quantitative estimate of drug-likeness (QED) is 0.668. The Kier molecular flexibility index (Phi) is 4.25. The largest absolute Gasteiger partial charge is 0.399 e. The molecule has 4 N–H and O–H groups in total. The molecule has 0 spiro atoms. The van der Waals surface area contributed by atoms with E-state index in [9.17, 15) is 9.18 Å². The average Bonchev–Trinajstić information content (AvgIpc) is 2.24. The highest BCUT2D eigenvalue weighted by Crippen LogP contribution is 2.10. The Balaban J connectivity index is 2.80. The van der Waals surface area contributed by atoms with E-state index >= 15 is 0 Å². The number of carbonyl (C=O) groups excluding carboxylic acids is 1. The number of nitrogens with one attached hydrogen (secondary N) is 1. The maximum absolute atomic E-state index is 13.0. The van der Waals surface area contributed by atoms with Crippen molar-refractivity contribution in [2.45, 2.75) is 19.4 Å². The highest BCUT2D eigenvalue weighted by molar-refractivity contribution is 5.95. The molecule has 4 nitrogen and oxygen atoms in total. The second-order valence-electron chi connectivity index (χ2n) is 3.53. The van der Waals surface area contributed by atoms with E-state index < -0.39 is 11.7 Å². The number of benzene rings is 1. The van der Waals surface area contributed by atoms with Gasteiger partial charge in [-0.2, -0.15) is 0 Å². The molecule has 0 saturated carbocycles. The lowest BCUT2D eigenvalue weighted by molar-refractivity contribution is 0.0914. The normalized spacial score (nSPS) is 12.2. The summed E-state index contributed by atoms with van der Waals surface area (Å²) in [6, 6.07) is 3.32. The van der Waals surface area contributed by atoms with Crippen LogP contribution in [-0.4, -0.2) is 23.7 Å². The van der Waals surface area contributed by atoms with E-state index in [1.807, 2.05) is 6.92 Å². The minimum Gasteiger partial charge on any atom is -0.399 e. The minimum atomic E-state index is -0.554. The molecule has 0 radical (unpaired) electrons. The molecule has 0 aliphatic heterocycles. The predicted molar refractivity (Wildman–Crippen MR) is 59.4 cm³/mol. The van der Waals surface area contributed by atoms with Gasteiger partial charge in [0.1, 0.15) is 5.82 Å². The summed E-state index contributed by atoms with van der Waals surface area (Å²) < 4.78 is 13.0. The number of rotatable bonds is 4. The number of anilines is 1. The molecule has 16 heavy (non-hydrogen) atoms. The second-order valence-corrected chi connectivity index (χ2v) is 3.53. The van der Waals surface area contributed by atoms with Crippen LogP contribution in [0.2, 0.25) is 0 Å². The minimum absolute atomic E-state index is 0.146. The molecular weight excluding hydrogens is 211 g/mol. The van der Waals surface area contributed by atoms with Crippen LogP contribution in [0.4, 0.5) is 10.1 Å². The highest BCUT2D eigenvalue weighted by atomic mass is 19.1. The van der Waals surface area contributed by atoms with Crippen molar-refractivity contribution in [1.82, 2.24) is 5.32 Å². The van der Waals surface area contributed by atoms with Crippen LogP contribution >= 0.6 is 0 Å². The topological polar surface area (TPSA) is 75.3 Å². The van der Waals surface area contributed by atoms with Gasteiger partial charge in [0.25, 0.3) is 5.91 Å². The first-order valence-corrected chi connectivity index (χ1v) is 5.04. The Morgan fingerprint density at radius 3 is 2.75 bits per heavy atom. The van der Waals surface area contributed by atoms with Crippen LogP contribution in [-0.2, 0) is 0 Å². The van der Waals surface area contributed by atoms with Crippen LogP contribution < -0.4 is 11.1 Å². The standard InChI is InChI=1S/C11H15FN2O2/c1-2-10(6-15)14-11(16)7-3-8(12)5-9(13)4-7/h3-5,10,15H,2,6,13H2,1H3,(H,14,16)/t10-/m0/s1. The van der Waals surface area contributed by atoms with Gasteiger partial charge in [-0.3, -0.25) is 4.79 Å². The summed E-state index contributed by atoms with van der Waals surface area (Å²) in [5.74, 6) is -0.991. The van der Waals surface area contributed by atoms with Gasteiger partial charge < -0.3 is 16.2 Å². The van der Waals surface area contributed by atoms with Crippen molar-refractivity contribution in [2.24, 2.45) is 0 Å². The summed E-state index contributed by atoms with van der Waals surface area (Å²) in [5.41, 5.74) is 5.78. The lowest BCUT2D eigenvalue weighted by Gasteiger charge is -2.14. The Morgan fingerprint density at radius 2 is 2.25 bits per heavy atom. The molecule has 1 aromatic rings. The zero-order valence-electron chi connectivity index (χ0n) is 9.03. The lowest BCUT2D eigenvalue weighted by atomic mass is 10.1. The van der Waals surface area contributed by atoms with Gasteiger partial charge in [0, 0.05) is 11.3 Å². The van der Waals surface area contributed by atoms with Crippen LogP contribution in [0.3, 0.4) is 0 Å². The average molecular weight is 226 g/mol. The molecule has 0 heterocycles. The number of amides is 1. The van der Waals surface area contributed by atoms with Crippen LogP contribution in [0.25, 0.3) is 0 Å². The number of hydrogen-bond acceptors (Lipinski definition) is 3. The number of halogens is 1. The molecule has 0 aliphatic rings. The van der Waals surface area contributed by atoms with Crippen LogP contribution in [0.15, 0.2) is 18.2 Å². The van der Waals surface area contributed by atoms with Crippen molar-refractivity contribution < 1.29 is 14.3 Å². The first-order valence-electron chi connectivity index (χ1n) is 5.04. The third-order valence-electron chi connectivity index (χ3n) is 2.23. The van der Waals surface area contributed by atoms with Gasteiger partial charge in [-0.15, -0.1) is 0 Å². The van der Waals surface area contributed by atoms with Crippen molar-refractivity contribution in [3.05, 3.63) is 29.6 Å². The Hall–Kier alpha value is -1.62. The Labute approximate surface area is 93.3 Å². The summed E-state index contributed by atoms with van der Waals surface area (Å²) in [4.78, 5) is 11.6. The molecular formula is C11H15FN2O2. The van der Waals surface area contributed by atoms with Crippen molar-refractivity contribution in [2.75, 3.05) is 12.3 Å². The summed E-state index contributed by atoms with van der Waals surface area (Å²) in [6.45, 7) is 1.69. The van der Waals surface area contributed by atoms with Gasteiger partial charge in [0.2, 0.25) is 0 Å². The fourth-order valence-corrected chi connectivity index (χ4v) is 1.29. The van der Waals surface area contributed by atoms with Crippen LogP contribution in [0.5, 0.6) is 0 Å². The third-order valence-corrected chi connectivity index (χ3v) is 2.23. The van der Waals surface area contributed by atoms with Crippen LogP contribution in [0, 0.1) is 5.82 Å². The highest BCUT2D eigenvalue weighted by Gasteiger charge is 2.12. The van der Waals surface area contributed by atoms with Crippen molar-refractivity contribution in [3.63, 3.8) is 0 Å². The summed E-state index contributed by atoms with van der Waals surface area (Å²) in [5, 5.41) is 11.5. The van der Waals surface area contributed by atoms with E-state index in [1.165, 1.54) is 6.07 Å². The van der Waals surface area contributed by atoms with E-state index in [0.29, 0.717) is 6.42 Å². The van der Waals surface area contributed by atoms with E-state index in [-0.39, 0.29) is 23.9 Å². The molecule has 1 aromatic carbocycles. The van der Waals surface area contributed by atoms with Gasteiger partial charge in [-0.1, -0.05) is 6.92 Å². The van der Waals surface area contributed by atoms with Gasteiger partial charge in [-0.25, -0.2) is 4.39 Å². The number of nitrogen functional groups attached to an aromatic ring is 1. The summed E-state index contributed by atoms with van der Waals surface area (Å²) in [7, 11) is 0. The second kappa shape index (κ2) is 5.46. The molecule has 5 heteroatoms. The number of aliphatic hydroxyl groups is 1. The van der Waals surface area contributed by atoms with Gasteiger partial charge >= 0.3 is 0 Å². The molecule has 1 rings (SSSR count). The lowest BCUT2D eigenvalue weighted by Crippen LogP contribution is -2.36. The monoisotopic (exact) mass is 226 g/mol. The first kappa shape index (κ1) is 12.4. The molecule has 0 saturated heterocycles. The fourth-order valence-electron chi connectivity index (χ4n) is 1.29. The number of aliphatic hydroxyl groups excluding tert-OH is 1. The third kappa shape index (κ3) is 3.20. The summed E-state index contributed by atoms with van der Waals surface area (Å²) in [6.07, 6.45) is 0.604. The molecule has 88 valence electrons. The number of hydrogen-bond donors (Lipinski definition) is 3. The summed E-state index contributed by atoms with van der Waals surface area (Å²) >= 11 is 0. The maximum Gasteiger partial charge on any atom is 0.251 e. The Morgan fingerprint density at radius 1 is 1.56 bits per heavy atom. The fraction of sp³-hybridized carbons (Fsp3) is 0.364. The zero-order valence-corrected chi connectivity index (χ0v) is 9.03. The van der Waals surface area contributed by atoms with Crippen molar-refractivity contribution >= 4 is 11.6 Å². The smallest absolute Gasteiger partial charge is 0.251 e. The van der Waals surface area contributed by atoms with E-state index in [1.54, 1.807) is 0 Å². The van der Waals surface area contributed by atoms with E-state index in [4.69, 9.17) is 10.8 Å². The van der Waals surface area contributed by atoms with Gasteiger partial charge in [-0.05, 0) is 24.6 Å². The maximum atomic E-state index is 13.0. The molecule has 0 aromatic heterocycles. The molecule has 0 unspecified atom stereocenters. The van der Waals surface area contributed by atoms with Crippen molar-refractivity contribution in [1.29, 1.82) is 0 Å². The molecule has 0 fully saturated rings. The van der Waals surface area contributed by atoms with Gasteiger partial charge in [0.05, 0.1) is 12.6 Å². The number of nitrogens with two attached hydrogens (primary N) is 1. The van der Waals surface area contributed by atoms with E-state index in [0.717, 1.165) is 12.1 Å². The van der Waals surface area contributed by atoms with Crippen molar-refractivity contribution in [3.8, 4) is 0 Å². The molecule has 0 bridgehead atoms. The number of carbonyl (C=O) groups is 1. The molecule has 0 aliphatic carbocycles. The molecule has 1 atom stereocenters. The molecule has 1 amide bonds. The first-order chi connectivity index (χ1) is 7.56. The Bertz CT molecular complexity index is 358. The zero-order chi connectivity index (χ0) is 12.1.